The van der Waals surface area contributed by atoms with Crippen molar-refractivity contribution in [3.63, 3.8) is 0 Å². The van der Waals surface area contributed by atoms with Gasteiger partial charge in [0.05, 0.1) is 12.2 Å². The zero-order chi connectivity index (χ0) is 22.6. The molecule has 0 saturated carbocycles. The van der Waals surface area contributed by atoms with Crippen LogP contribution in [0.15, 0.2) is 24.3 Å². The molecule has 7 heteroatoms. The molecular formula is C24H37N3O4. The normalized spacial score (nSPS) is 24.8. The maximum absolute atomic E-state index is 12.9. The summed E-state index contributed by atoms with van der Waals surface area (Å²) >= 11 is 0. The highest BCUT2D eigenvalue weighted by molar-refractivity contribution is 5.86. The van der Waals surface area contributed by atoms with E-state index in [0.717, 1.165) is 31.6 Å². The average molecular weight is 432 g/mol. The molecule has 0 unspecified atom stereocenters. The zero-order valence-corrected chi connectivity index (χ0v) is 19.5. The molecule has 2 amide bonds. The monoisotopic (exact) mass is 431 g/mol. The Morgan fingerprint density at radius 2 is 1.77 bits per heavy atom. The number of nitrogens with one attached hydrogen (secondary N) is 1. The highest BCUT2D eigenvalue weighted by atomic mass is 16.6. The summed E-state index contributed by atoms with van der Waals surface area (Å²) < 4.78 is 11.3. The first-order valence-corrected chi connectivity index (χ1v) is 11.3. The zero-order valence-electron chi connectivity index (χ0n) is 19.5. The summed E-state index contributed by atoms with van der Waals surface area (Å²) in [5, 5.41) is 3.05. The van der Waals surface area contributed by atoms with E-state index in [1.165, 1.54) is 5.56 Å². The highest BCUT2D eigenvalue weighted by Gasteiger charge is 2.36. The molecule has 172 valence electrons. The number of carbonyl (C=O) groups is 2. The van der Waals surface area contributed by atoms with Gasteiger partial charge >= 0.3 is 6.09 Å². The van der Waals surface area contributed by atoms with Crippen molar-refractivity contribution in [3.05, 3.63) is 35.4 Å². The number of hydrogen-bond donors (Lipinski definition) is 1. The Kier molecular flexibility index (Phi) is 7.59. The first-order chi connectivity index (χ1) is 14.6. The molecule has 2 aliphatic rings. The molecule has 2 fully saturated rings. The van der Waals surface area contributed by atoms with Crippen LogP contribution < -0.4 is 5.32 Å². The van der Waals surface area contributed by atoms with E-state index in [1.807, 2.05) is 32.9 Å². The van der Waals surface area contributed by atoms with Gasteiger partial charge in [-0.3, -0.25) is 14.6 Å². The summed E-state index contributed by atoms with van der Waals surface area (Å²) in [4.78, 5) is 29.3. The largest absolute Gasteiger partial charge is 0.444 e. The fourth-order valence-corrected chi connectivity index (χ4v) is 4.42. The van der Waals surface area contributed by atoms with Gasteiger partial charge in [0.2, 0.25) is 5.91 Å². The summed E-state index contributed by atoms with van der Waals surface area (Å²) in [7, 11) is 0. The number of ether oxygens (including phenoxy) is 2. The number of hydrogen-bond acceptors (Lipinski definition) is 5. The topological polar surface area (TPSA) is 71.1 Å². The third-order valence-corrected chi connectivity index (χ3v) is 5.64. The Labute approximate surface area is 186 Å². The molecule has 1 N–H and O–H groups in total. The Hall–Kier alpha value is -2.12. The molecule has 2 saturated heterocycles. The first-order valence-electron chi connectivity index (χ1n) is 11.3. The van der Waals surface area contributed by atoms with E-state index in [2.05, 4.69) is 36.2 Å². The molecule has 3 atom stereocenters. The Morgan fingerprint density at radius 1 is 1.13 bits per heavy atom. The summed E-state index contributed by atoms with van der Waals surface area (Å²) in [5.41, 5.74) is 1.73. The molecule has 1 aromatic carbocycles. The van der Waals surface area contributed by atoms with E-state index < -0.39 is 17.7 Å². The molecule has 0 aliphatic carbocycles. The van der Waals surface area contributed by atoms with E-state index in [0.29, 0.717) is 19.5 Å². The summed E-state index contributed by atoms with van der Waals surface area (Å²) in [6, 6.07) is 7.74. The van der Waals surface area contributed by atoms with Crippen LogP contribution in [0.2, 0.25) is 0 Å². The van der Waals surface area contributed by atoms with Gasteiger partial charge in [0.1, 0.15) is 11.6 Å². The van der Waals surface area contributed by atoms with E-state index in [4.69, 9.17) is 9.47 Å². The number of amides is 2. The van der Waals surface area contributed by atoms with Gasteiger partial charge in [0, 0.05) is 32.7 Å². The summed E-state index contributed by atoms with van der Waals surface area (Å²) in [6.45, 7) is 13.3. The van der Waals surface area contributed by atoms with Crippen molar-refractivity contribution in [3.8, 4) is 0 Å². The van der Waals surface area contributed by atoms with Crippen molar-refractivity contribution >= 4 is 12.0 Å². The molecular weight excluding hydrogens is 394 g/mol. The molecule has 0 bridgehead atoms. The maximum atomic E-state index is 12.9. The minimum Gasteiger partial charge on any atom is -0.444 e. The van der Waals surface area contributed by atoms with Crippen molar-refractivity contribution in [1.82, 2.24) is 15.1 Å². The number of likely N-dealkylation sites (tertiary alicyclic amines) is 1. The predicted octanol–water partition coefficient (Wildman–Crippen LogP) is 3.31. The first kappa shape index (κ1) is 23.5. The van der Waals surface area contributed by atoms with E-state index in [9.17, 15) is 9.59 Å². The van der Waals surface area contributed by atoms with Gasteiger partial charge in [0.25, 0.3) is 0 Å². The Morgan fingerprint density at radius 3 is 2.42 bits per heavy atom. The number of benzene rings is 1. The van der Waals surface area contributed by atoms with Crippen LogP contribution in [0.25, 0.3) is 0 Å². The van der Waals surface area contributed by atoms with Crippen LogP contribution >= 0.6 is 0 Å². The van der Waals surface area contributed by atoms with Crippen LogP contribution in [0.4, 0.5) is 4.79 Å². The molecule has 0 aromatic heterocycles. The molecule has 2 heterocycles. The van der Waals surface area contributed by atoms with Gasteiger partial charge in [-0.25, -0.2) is 4.79 Å². The van der Waals surface area contributed by atoms with Crippen molar-refractivity contribution in [2.45, 2.75) is 84.4 Å². The van der Waals surface area contributed by atoms with Gasteiger partial charge in [-0.2, -0.15) is 0 Å². The van der Waals surface area contributed by atoms with Gasteiger partial charge < -0.3 is 14.8 Å². The van der Waals surface area contributed by atoms with Crippen LogP contribution in [0, 0.1) is 0 Å². The fourth-order valence-electron chi connectivity index (χ4n) is 4.42. The standard InChI is InChI=1S/C24H37N3O4/c1-17-14-26(15-18(2)30-17)16-20-10-7-6-9-19(20)13-25-22(28)21-11-8-12-27(21)23(29)31-24(3,4)5/h6-7,9-10,17-18,21H,8,11-16H2,1-5H3,(H,25,28)/t17-,18-,21+/m1/s1. The lowest BCUT2D eigenvalue weighted by Crippen LogP contribution is -2.47. The van der Waals surface area contributed by atoms with Crippen molar-refractivity contribution < 1.29 is 19.1 Å². The van der Waals surface area contributed by atoms with Crippen LogP contribution in [-0.4, -0.2) is 65.3 Å². The van der Waals surface area contributed by atoms with Crippen LogP contribution in [-0.2, 0) is 27.4 Å². The molecule has 0 radical (unpaired) electrons. The number of carbonyl (C=O) groups excluding carboxylic acids is 2. The quantitative estimate of drug-likeness (QED) is 0.775. The molecule has 31 heavy (non-hydrogen) atoms. The predicted molar refractivity (Wildman–Crippen MR) is 120 cm³/mol. The number of rotatable bonds is 5. The highest BCUT2D eigenvalue weighted by Crippen LogP contribution is 2.22. The van der Waals surface area contributed by atoms with Crippen LogP contribution in [0.3, 0.4) is 0 Å². The van der Waals surface area contributed by atoms with Gasteiger partial charge in [-0.15, -0.1) is 0 Å². The van der Waals surface area contributed by atoms with Crippen LogP contribution in [0.1, 0.15) is 58.6 Å². The summed E-state index contributed by atoms with van der Waals surface area (Å²) in [5.74, 6) is -0.119. The summed E-state index contributed by atoms with van der Waals surface area (Å²) in [6.07, 6.45) is 1.49. The van der Waals surface area contributed by atoms with Crippen molar-refractivity contribution in [1.29, 1.82) is 0 Å². The number of nitrogens with zero attached hydrogens (tertiary/aromatic N) is 2. The fraction of sp³-hybridized carbons (Fsp3) is 0.667. The van der Waals surface area contributed by atoms with Crippen molar-refractivity contribution in [2.75, 3.05) is 19.6 Å². The third kappa shape index (κ3) is 6.68. The van der Waals surface area contributed by atoms with Gasteiger partial charge in [-0.1, -0.05) is 24.3 Å². The maximum Gasteiger partial charge on any atom is 0.410 e. The molecule has 1 aromatic rings. The SMILES string of the molecule is C[C@@H]1CN(Cc2ccccc2CNC(=O)[C@@H]2CCCN2C(=O)OC(C)(C)C)C[C@@H](C)O1. The lowest BCUT2D eigenvalue weighted by Gasteiger charge is -2.35. The molecule has 7 nitrogen and oxygen atoms in total. The molecule has 3 rings (SSSR count). The molecule has 0 spiro atoms. The van der Waals surface area contributed by atoms with Gasteiger partial charge in [-0.05, 0) is 58.6 Å². The van der Waals surface area contributed by atoms with Crippen molar-refractivity contribution in [2.24, 2.45) is 0 Å². The minimum atomic E-state index is -0.575. The Bertz CT molecular complexity index is 766. The van der Waals surface area contributed by atoms with E-state index in [1.54, 1.807) is 4.90 Å². The molecule has 2 aliphatic heterocycles. The second kappa shape index (κ2) is 10.0. The number of morpholine rings is 1. The second-order valence-corrected chi connectivity index (χ2v) is 9.77. The third-order valence-electron chi connectivity index (χ3n) is 5.64. The lowest BCUT2D eigenvalue weighted by molar-refractivity contribution is -0.125. The second-order valence-electron chi connectivity index (χ2n) is 9.77. The van der Waals surface area contributed by atoms with Crippen LogP contribution in [0.5, 0.6) is 0 Å². The van der Waals surface area contributed by atoms with Gasteiger partial charge in [0.15, 0.2) is 0 Å². The average Bonchev–Trinajstić information content (AvgIpc) is 3.15. The Balaban J connectivity index is 1.59. The van der Waals surface area contributed by atoms with E-state index in [-0.39, 0.29) is 18.1 Å². The van der Waals surface area contributed by atoms with E-state index >= 15 is 0 Å². The smallest absolute Gasteiger partial charge is 0.410 e. The minimum absolute atomic E-state index is 0.119. The lowest BCUT2D eigenvalue weighted by atomic mass is 10.1.